The molecular weight excluding hydrogens is 357 g/mol. The number of benzene rings is 1. The fraction of sp³-hybridized carbons (Fsp3) is 0.444. The average molecular weight is 376 g/mol. The zero-order chi connectivity index (χ0) is 18.9. The number of rotatable bonds is 4. The highest BCUT2D eigenvalue weighted by molar-refractivity contribution is 5.59. The second-order valence-corrected chi connectivity index (χ2v) is 7.01. The monoisotopic (exact) mass is 376 g/mol. The molecule has 0 atom stereocenters. The van der Waals surface area contributed by atoms with Crippen LogP contribution in [-0.4, -0.2) is 30.2 Å². The molecule has 0 unspecified atom stereocenters. The van der Waals surface area contributed by atoms with E-state index in [4.69, 9.17) is 0 Å². The SMILES string of the molecule is FC(F)(F)c1cccc(-c2cnc(C3CCC(Cn4cnnn4)CC3)[nH]2)c1. The van der Waals surface area contributed by atoms with Crippen LogP contribution in [0.15, 0.2) is 36.8 Å². The molecule has 2 aromatic heterocycles. The second kappa shape index (κ2) is 7.13. The van der Waals surface area contributed by atoms with E-state index in [0.29, 0.717) is 23.1 Å². The molecule has 142 valence electrons. The number of aromatic amines is 1. The number of tetrazole rings is 1. The van der Waals surface area contributed by atoms with Crippen LogP contribution in [0.2, 0.25) is 0 Å². The van der Waals surface area contributed by atoms with Gasteiger partial charge in [-0.3, -0.25) is 0 Å². The average Bonchev–Trinajstić information content (AvgIpc) is 3.34. The predicted octanol–water partition coefficient (Wildman–Crippen LogP) is 4.06. The standard InChI is InChI=1S/C18H19F3N6/c19-18(20,21)15-3-1-2-14(8-15)16-9-22-17(24-16)13-6-4-12(5-7-13)10-27-11-23-25-26-27/h1-3,8-9,11-13H,4-7,10H2,(H,22,24). The maximum absolute atomic E-state index is 12.9. The molecule has 3 aromatic rings. The minimum absolute atomic E-state index is 0.301. The first-order chi connectivity index (χ1) is 13.0. The Hall–Kier alpha value is -2.71. The molecule has 1 aliphatic carbocycles. The number of aromatic nitrogens is 6. The lowest BCUT2D eigenvalue weighted by molar-refractivity contribution is -0.137. The topological polar surface area (TPSA) is 72.3 Å². The van der Waals surface area contributed by atoms with Crippen LogP contribution in [0.4, 0.5) is 13.2 Å². The molecule has 0 aliphatic heterocycles. The van der Waals surface area contributed by atoms with Gasteiger partial charge in [0.25, 0.3) is 0 Å². The summed E-state index contributed by atoms with van der Waals surface area (Å²) in [5.74, 6) is 1.68. The van der Waals surface area contributed by atoms with Gasteiger partial charge in [0.2, 0.25) is 0 Å². The summed E-state index contributed by atoms with van der Waals surface area (Å²) in [6.07, 6.45) is 2.97. The first-order valence-corrected chi connectivity index (χ1v) is 8.92. The summed E-state index contributed by atoms with van der Waals surface area (Å²) in [6, 6.07) is 5.31. The molecule has 1 aromatic carbocycles. The molecule has 0 amide bonds. The van der Waals surface area contributed by atoms with Crippen molar-refractivity contribution in [2.24, 2.45) is 5.92 Å². The maximum atomic E-state index is 12.9. The molecule has 0 saturated heterocycles. The van der Waals surface area contributed by atoms with Crippen molar-refractivity contribution in [3.63, 3.8) is 0 Å². The minimum atomic E-state index is -4.35. The van der Waals surface area contributed by atoms with E-state index >= 15 is 0 Å². The summed E-state index contributed by atoms with van der Waals surface area (Å²) in [5.41, 5.74) is 0.460. The van der Waals surface area contributed by atoms with Gasteiger partial charge >= 0.3 is 6.18 Å². The molecule has 6 nitrogen and oxygen atoms in total. The van der Waals surface area contributed by atoms with Gasteiger partial charge in [0.05, 0.1) is 17.5 Å². The molecule has 27 heavy (non-hydrogen) atoms. The second-order valence-electron chi connectivity index (χ2n) is 7.01. The predicted molar refractivity (Wildman–Crippen MR) is 91.5 cm³/mol. The van der Waals surface area contributed by atoms with Crippen molar-refractivity contribution in [3.8, 4) is 11.3 Å². The lowest BCUT2D eigenvalue weighted by Gasteiger charge is -2.27. The number of halogens is 3. The van der Waals surface area contributed by atoms with Crippen LogP contribution in [0.1, 0.15) is 43.0 Å². The Bertz CT molecular complexity index is 879. The van der Waals surface area contributed by atoms with Gasteiger partial charge in [0.1, 0.15) is 12.2 Å². The van der Waals surface area contributed by atoms with Gasteiger partial charge in [-0.05, 0) is 54.2 Å². The molecule has 1 fully saturated rings. The first-order valence-electron chi connectivity index (χ1n) is 8.92. The van der Waals surface area contributed by atoms with E-state index in [-0.39, 0.29) is 0 Å². The number of H-pyrrole nitrogens is 1. The Morgan fingerprint density at radius 1 is 1.15 bits per heavy atom. The van der Waals surface area contributed by atoms with E-state index in [2.05, 4.69) is 25.5 Å². The third-order valence-corrected chi connectivity index (χ3v) is 5.17. The summed E-state index contributed by atoms with van der Waals surface area (Å²) < 4.78 is 40.5. The fourth-order valence-corrected chi connectivity index (χ4v) is 3.70. The van der Waals surface area contributed by atoms with Crippen LogP contribution in [0.25, 0.3) is 11.3 Å². The van der Waals surface area contributed by atoms with E-state index < -0.39 is 11.7 Å². The number of hydrogen-bond acceptors (Lipinski definition) is 4. The summed E-state index contributed by atoms with van der Waals surface area (Å²) in [4.78, 5) is 7.66. The van der Waals surface area contributed by atoms with E-state index in [1.165, 1.54) is 6.07 Å². The number of imidazole rings is 1. The first kappa shape index (κ1) is 17.7. The Balaban J connectivity index is 1.42. The summed E-state index contributed by atoms with van der Waals surface area (Å²) in [6.45, 7) is 0.813. The maximum Gasteiger partial charge on any atom is 0.416 e. The highest BCUT2D eigenvalue weighted by atomic mass is 19.4. The molecule has 1 aliphatic rings. The van der Waals surface area contributed by atoms with Gasteiger partial charge in [-0.1, -0.05) is 12.1 Å². The third-order valence-electron chi connectivity index (χ3n) is 5.17. The highest BCUT2D eigenvalue weighted by Gasteiger charge is 2.30. The van der Waals surface area contributed by atoms with Crippen LogP contribution in [0.3, 0.4) is 0 Å². The lowest BCUT2D eigenvalue weighted by atomic mass is 9.81. The van der Waals surface area contributed by atoms with E-state index in [0.717, 1.165) is 50.2 Å². The number of nitrogens with zero attached hydrogens (tertiary/aromatic N) is 5. The number of nitrogens with one attached hydrogen (secondary N) is 1. The van der Waals surface area contributed by atoms with Crippen molar-refractivity contribution in [1.82, 2.24) is 30.2 Å². The molecule has 4 rings (SSSR count). The van der Waals surface area contributed by atoms with Gasteiger partial charge in [-0.2, -0.15) is 13.2 Å². The van der Waals surface area contributed by atoms with Gasteiger partial charge in [-0.25, -0.2) is 9.67 Å². The highest BCUT2D eigenvalue weighted by Crippen LogP contribution is 2.36. The zero-order valence-corrected chi connectivity index (χ0v) is 14.5. The summed E-state index contributed by atoms with van der Waals surface area (Å²) in [7, 11) is 0. The molecule has 0 radical (unpaired) electrons. The Morgan fingerprint density at radius 3 is 2.67 bits per heavy atom. The molecule has 2 heterocycles. The summed E-state index contributed by atoms with van der Waals surface area (Å²) in [5, 5.41) is 11.2. The Labute approximate surface area is 153 Å². The quantitative estimate of drug-likeness (QED) is 0.745. The Kier molecular flexibility index (Phi) is 4.67. The Morgan fingerprint density at radius 2 is 1.96 bits per heavy atom. The number of alkyl halides is 3. The zero-order valence-electron chi connectivity index (χ0n) is 14.5. The van der Waals surface area contributed by atoms with Gasteiger partial charge in [0.15, 0.2) is 0 Å². The van der Waals surface area contributed by atoms with E-state index in [9.17, 15) is 13.2 Å². The molecule has 0 bridgehead atoms. The van der Waals surface area contributed by atoms with Crippen molar-refractivity contribution in [2.75, 3.05) is 0 Å². The van der Waals surface area contributed by atoms with E-state index in [1.807, 2.05) is 0 Å². The van der Waals surface area contributed by atoms with Crippen LogP contribution in [0.5, 0.6) is 0 Å². The van der Waals surface area contributed by atoms with Crippen LogP contribution in [0, 0.1) is 5.92 Å². The lowest BCUT2D eigenvalue weighted by Crippen LogP contribution is -2.19. The molecule has 0 spiro atoms. The molecule has 9 heteroatoms. The molecule has 1 N–H and O–H groups in total. The van der Waals surface area contributed by atoms with Gasteiger partial charge in [-0.15, -0.1) is 5.10 Å². The van der Waals surface area contributed by atoms with Crippen molar-refractivity contribution in [1.29, 1.82) is 0 Å². The van der Waals surface area contributed by atoms with Crippen molar-refractivity contribution < 1.29 is 13.2 Å². The van der Waals surface area contributed by atoms with Crippen LogP contribution < -0.4 is 0 Å². The van der Waals surface area contributed by atoms with Crippen molar-refractivity contribution >= 4 is 0 Å². The van der Waals surface area contributed by atoms with Crippen molar-refractivity contribution in [2.45, 2.75) is 44.3 Å². The van der Waals surface area contributed by atoms with Gasteiger partial charge < -0.3 is 4.98 Å². The van der Waals surface area contributed by atoms with Gasteiger partial charge in [0, 0.05) is 18.0 Å². The third kappa shape index (κ3) is 4.01. The van der Waals surface area contributed by atoms with Crippen molar-refractivity contribution in [3.05, 3.63) is 48.2 Å². The minimum Gasteiger partial charge on any atom is -0.342 e. The molecular formula is C18H19F3N6. The van der Waals surface area contributed by atoms with Crippen LogP contribution in [-0.2, 0) is 12.7 Å². The summed E-state index contributed by atoms with van der Waals surface area (Å²) >= 11 is 0. The van der Waals surface area contributed by atoms with Crippen LogP contribution >= 0.6 is 0 Å². The number of hydrogen-bond donors (Lipinski definition) is 1. The normalized spacial score (nSPS) is 20.7. The smallest absolute Gasteiger partial charge is 0.342 e. The molecule has 1 saturated carbocycles. The largest absolute Gasteiger partial charge is 0.416 e. The fourth-order valence-electron chi connectivity index (χ4n) is 3.70. The van der Waals surface area contributed by atoms with E-state index in [1.54, 1.807) is 23.3 Å².